The Morgan fingerprint density at radius 3 is 2.57 bits per heavy atom. The van der Waals surface area contributed by atoms with Crippen molar-refractivity contribution in [2.45, 2.75) is 19.9 Å². The van der Waals surface area contributed by atoms with Gasteiger partial charge in [0.25, 0.3) is 5.69 Å². The number of hydrogen-bond acceptors (Lipinski definition) is 3. The van der Waals surface area contributed by atoms with Crippen molar-refractivity contribution in [2.24, 2.45) is 0 Å². The lowest BCUT2D eigenvalue weighted by molar-refractivity contribution is -0.385. The highest BCUT2D eigenvalue weighted by Crippen LogP contribution is 2.28. The Morgan fingerprint density at radius 1 is 1.29 bits per heavy atom. The molecule has 2 rings (SSSR count). The Bertz CT molecular complexity index is 691. The van der Waals surface area contributed by atoms with Crippen LogP contribution in [0.4, 0.5) is 15.8 Å². The molecule has 0 heterocycles. The van der Waals surface area contributed by atoms with Gasteiger partial charge in [-0.2, -0.15) is 0 Å². The Kier molecular flexibility index (Phi) is 4.43. The fraction of sp³-hybridized carbons (Fsp3) is 0.200. The molecule has 0 radical (unpaired) electrons. The van der Waals surface area contributed by atoms with Gasteiger partial charge in [0, 0.05) is 28.4 Å². The summed E-state index contributed by atoms with van der Waals surface area (Å²) in [5.41, 5.74) is 2.15. The maximum Gasteiger partial charge on any atom is 0.272 e. The number of hydrogen-bond donors (Lipinski definition) is 1. The Balaban J connectivity index is 2.21. The highest BCUT2D eigenvalue weighted by Gasteiger charge is 2.13. The minimum absolute atomic E-state index is 0.0769. The molecule has 4 nitrogen and oxygen atoms in total. The summed E-state index contributed by atoms with van der Waals surface area (Å²) in [5, 5.41) is 14.3. The van der Waals surface area contributed by atoms with Crippen molar-refractivity contribution in [3.63, 3.8) is 0 Å². The Labute approximate surface area is 126 Å². The third-order valence-corrected chi connectivity index (χ3v) is 3.53. The molecule has 2 aromatic carbocycles. The lowest BCUT2D eigenvalue weighted by atomic mass is 10.1. The van der Waals surface area contributed by atoms with Gasteiger partial charge in [-0.25, -0.2) is 4.39 Å². The molecule has 0 amide bonds. The van der Waals surface area contributed by atoms with Gasteiger partial charge < -0.3 is 5.32 Å². The number of aryl methyl sites for hydroxylation is 1. The second kappa shape index (κ2) is 6.10. The van der Waals surface area contributed by atoms with E-state index < -0.39 is 4.92 Å². The van der Waals surface area contributed by atoms with Gasteiger partial charge in [-0.05, 0) is 43.7 Å². The number of rotatable bonds is 4. The molecule has 2 aromatic rings. The van der Waals surface area contributed by atoms with Gasteiger partial charge in [-0.3, -0.25) is 10.1 Å². The first-order chi connectivity index (χ1) is 9.88. The molecule has 0 aliphatic heterocycles. The van der Waals surface area contributed by atoms with Crippen LogP contribution in [-0.2, 0) is 0 Å². The number of nitrogens with one attached hydrogen (secondary N) is 1. The predicted molar refractivity (Wildman–Crippen MR) is 81.3 cm³/mol. The molecule has 110 valence electrons. The predicted octanol–water partition coefficient (Wildman–Crippen LogP) is 4.87. The number of nitro benzene ring substituents is 1. The molecule has 0 saturated heterocycles. The number of halogens is 2. The summed E-state index contributed by atoms with van der Waals surface area (Å²) in [6.07, 6.45) is 0. The van der Waals surface area contributed by atoms with Crippen LogP contribution in [0.5, 0.6) is 0 Å². The zero-order valence-electron chi connectivity index (χ0n) is 11.6. The van der Waals surface area contributed by atoms with Crippen LogP contribution in [0.2, 0.25) is 5.02 Å². The standard InChI is InChI=1S/C15H14ClFN2O2/c1-9-7-12(4-6-15(9)19(20)21)18-10(2)13-5-3-11(17)8-14(13)16/h3-8,10,18H,1-2H3. The van der Waals surface area contributed by atoms with Crippen LogP contribution in [0.15, 0.2) is 36.4 Å². The Morgan fingerprint density at radius 2 is 2.00 bits per heavy atom. The molecule has 0 aromatic heterocycles. The van der Waals surface area contributed by atoms with Crippen molar-refractivity contribution in [2.75, 3.05) is 5.32 Å². The summed E-state index contributed by atoms with van der Waals surface area (Å²) in [7, 11) is 0. The van der Waals surface area contributed by atoms with Crippen LogP contribution in [0.3, 0.4) is 0 Å². The van der Waals surface area contributed by atoms with E-state index in [1.54, 1.807) is 25.1 Å². The van der Waals surface area contributed by atoms with Crippen molar-refractivity contribution in [3.8, 4) is 0 Å². The first-order valence-electron chi connectivity index (χ1n) is 6.35. The van der Waals surface area contributed by atoms with E-state index in [-0.39, 0.29) is 17.5 Å². The van der Waals surface area contributed by atoms with E-state index in [0.29, 0.717) is 10.6 Å². The molecule has 0 spiro atoms. The fourth-order valence-corrected chi connectivity index (χ4v) is 2.46. The van der Waals surface area contributed by atoms with E-state index >= 15 is 0 Å². The molecule has 1 unspecified atom stereocenters. The molecule has 0 saturated carbocycles. The molecule has 6 heteroatoms. The number of anilines is 1. The monoisotopic (exact) mass is 308 g/mol. The molecule has 21 heavy (non-hydrogen) atoms. The minimum atomic E-state index is -0.417. The second-order valence-corrected chi connectivity index (χ2v) is 5.20. The number of nitrogens with zero attached hydrogens (tertiary/aromatic N) is 1. The number of benzene rings is 2. The van der Waals surface area contributed by atoms with E-state index in [1.165, 1.54) is 18.2 Å². The first kappa shape index (κ1) is 15.3. The van der Waals surface area contributed by atoms with Gasteiger partial charge in [0.05, 0.1) is 4.92 Å². The van der Waals surface area contributed by atoms with Crippen LogP contribution in [-0.4, -0.2) is 4.92 Å². The van der Waals surface area contributed by atoms with E-state index in [2.05, 4.69) is 5.32 Å². The highest BCUT2D eigenvalue weighted by molar-refractivity contribution is 6.31. The molecule has 1 N–H and O–H groups in total. The van der Waals surface area contributed by atoms with Crippen molar-refractivity contribution in [3.05, 3.63) is 68.5 Å². The van der Waals surface area contributed by atoms with Crippen LogP contribution in [0.1, 0.15) is 24.1 Å². The smallest absolute Gasteiger partial charge is 0.272 e. The lowest BCUT2D eigenvalue weighted by Crippen LogP contribution is -2.07. The van der Waals surface area contributed by atoms with Crippen LogP contribution < -0.4 is 5.32 Å². The van der Waals surface area contributed by atoms with Gasteiger partial charge in [-0.15, -0.1) is 0 Å². The summed E-state index contributed by atoms with van der Waals surface area (Å²) in [6, 6.07) is 8.87. The quantitative estimate of drug-likeness (QED) is 0.647. The maximum absolute atomic E-state index is 13.0. The topological polar surface area (TPSA) is 55.2 Å². The molecule has 1 atom stereocenters. The summed E-state index contributed by atoms with van der Waals surface area (Å²) in [4.78, 5) is 10.4. The zero-order chi connectivity index (χ0) is 15.6. The minimum Gasteiger partial charge on any atom is -0.378 e. The van der Waals surface area contributed by atoms with E-state index in [0.717, 1.165) is 11.3 Å². The van der Waals surface area contributed by atoms with Crippen molar-refractivity contribution < 1.29 is 9.31 Å². The molecular weight excluding hydrogens is 295 g/mol. The van der Waals surface area contributed by atoms with E-state index in [1.807, 2.05) is 6.92 Å². The third kappa shape index (κ3) is 3.49. The molecule has 0 aliphatic carbocycles. The Hall–Kier alpha value is -2.14. The summed E-state index contributed by atoms with van der Waals surface area (Å²) >= 11 is 6.02. The number of nitro groups is 1. The van der Waals surface area contributed by atoms with Crippen LogP contribution >= 0.6 is 11.6 Å². The van der Waals surface area contributed by atoms with Crippen molar-refractivity contribution >= 4 is 23.0 Å². The SMILES string of the molecule is Cc1cc(NC(C)c2ccc(F)cc2Cl)ccc1[N+](=O)[O-]. The average Bonchev–Trinajstić information content (AvgIpc) is 2.37. The van der Waals surface area contributed by atoms with Gasteiger partial charge >= 0.3 is 0 Å². The molecule has 0 aliphatic rings. The largest absolute Gasteiger partial charge is 0.378 e. The van der Waals surface area contributed by atoms with Crippen LogP contribution in [0, 0.1) is 22.9 Å². The average molecular weight is 309 g/mol. The van der Waals surface area contributed by atoms with Gasteiger partial charge in [0.1, 0.15) is 5.82 Å². The van der Waals surface area contributed by atoms with Crippen molar-refractivity contribution in [1.29, 1.82) is 0 Å². The summed E-state index contributed by atoms with van der Waals surface area (Å²) in [5.74, 6) is -0.387. The van der Waals surface area contributed by atoms with E-state index in [9.17, 15) is 14.5 Å². The lowest BCUT2D eigenvalue weighted by Gasteiger charge is -2.17. The summed E-state index contributed by atoms with van der Waals surface area (Å²) < 4.78 is 13.0. The first-order valence-corrected chi connectivity index (χ1v) is 6.73. The van der Waals surface area contributed by atoms with Gasteiger partial charge in [0.15, 0.2) is 0 Å². The molecule has 0 bridgehead atoms. The summed E-state index contributed by atoms with van der Waals surface area (Å²) in [6.45, 7) is 3.56. The van der Waals surface area contributed by atoms with Crippen LogP contribution in [0.25, 0.3) is 0 Å². The fourth-order valence-electron chi connectivity index (χ4n) is 2.13. The third-order valence-electron chi connectivity index (χ3n) is 3.21. The molecular formula is C15H14ClFN2O2. The van der Waals surface area contributed by atoms with Gasteiger partial charge in [-0.1, -0.05) is 17.7 Å². The van der Waals surface area contributed by atoms with Crippen molar-refractivity contribution in [1.82, 2.24) is 0 Å². The normalized spacial score (nSPS) is 12.0. The zero-order valence-corrected chi connectivity index (χ0v) is 12.3. The maximum atomic E-state index is 13.0. The van der Waals surface area contributed by atoms with E-state index in [4.69, 9.17) is 11.6 Å². The second-order valence-electron chi connectivity index (χ2n) is 4.79. The highest BCUT2D eigenvalue weighted by atomic mass is 35.5. The molecule has 0 fully saturated rings. The van der Waals surface area contributed by atoms with Gasteiger partial charge in [0.2, 0.25) is 0 Å².